The number of nitrogens with zero attached hydrogens (tertiary/aromatic N) is 2. The lowest BCUT2D eigenvalue weighted by Crippen LogP contribution is -2.17. The topological polar surface area (TPSA) is 63.9 Å². The molecule has 2 N–H and O–H groups in total. The second kappa shape index (κ2) is 9.99. The molecule has 0 aliphatic rings. The quantitative estimate of drug-likeness (QED) is 0.138. The predicted molar refractivity (Wildman–Crippen MR) is 168 cm³/mol. The van der Waals surface area contributed by atoms with Gasteiger partial charge in [-0.2, -0.15) is 0 Å². The summed E-state index contributed by atoms with van der Waals surface area (Å²) < 4.78 is 6.08. The van der Waals surface area contributed by atoms with E-state index in [1.807, 2.05) is 78.9 Å². The summed E-state index contributed by atoms with van der Waals surface area (Å²) in [4.78, 5) is 9.93. The van der Waals surface area contributed by atoms with Crippen molar-refractivity contribution in [2.75, 3.05) is 0 Å². The molecule has 4 nitrogen and oxygen atoms in total. The van der Waals surface area contributed by atoms with Gasteiger partial charge in [0.05, 0.1) is 6.54 Å². The average Bonchev–Trinajstić information content (AvgIpc) is 3.37. The second-order valence-electron chi connectivity index (χ2n) is 9.73. The number of furan rings is 1. The summed E-state index contributed by atoms with van der Waals surface area (Å²) in [5, 5.41) is 7.13. The molecule has 0 saturated carbocycles. The Balaban J connectivity index is 1.38. The Kier molecular flexibility index (Phi) is 6.03. The van der Waals surface area contributed by atoms with Gasteiger partial charge in [0.25, 0.3) is 0 Å². The molecule has 0 spiro atoms. The van der Waals surface area contributed by atoms with Crippen LogP contribution < -0.4 is 5.73 Å². The van der Waals surface area contributed by atoms with Crippen LogP contribution in [-0.2, 0) is 6.54 Å². The van der Waals surface area contributed by atoms with Crippen molar-refractivity contribution < 1.29 is 4.42 Å². The van der Waals surface area contributed by atoms with E-state index >= 15 is 0 Å². The molecule has 0 unspecified atom stereocenters. The third-order valence-electron chi connectivity index (χ3n) is 7.23. The van der Waals surface area contributed by atoms with Gasteiger partial charge in [-0.25, -0.2) is 4.99 Å². The van der Waals surface area contributed by atoms with Gasteiger partial charge in [-0.1, -0.05) is 109 Å². The Morgan fingerprint density at radius 3 is 2.17 bits per heavy atom. The SMILES string of the molecule is N/C(=N\C(=N/Cc1cc(Cl)cc2oc3ccccc3c12)c1ccccc1)c1cc2ccccc2c2ccccc12. The Morgan fingerprint density at radius 1 is 0.675 bits per heavy atom. The molecule has 0 radical (unpaired) electrons. The fourth-order valence-corrected chi connectivity index (χ4v) is 5.64. The molecule has 7 aromatic rings. The van der Waals surface area contributed by atoms with E-state index in [0.717, 1.165) is 54.8 Å². The monoisotopic (exact) mass is 537 g/mol. The van der Waals surface area contributed by atoms with Crippen LogP contribution in [0.4, 0.5) is 0 Å². The van der Waals surface area contributed by atoms with Crippen molar-refractivity contribution in [2.24, 2.45) is 15.7 Å². The van der Waals surface area contributed by atoms with Crippen molar-refractivity contribution in [3.8, 4) is 0 Å². The van der Waals surface area contributed by atoms with Crippen LogP contribution in [0.1, 0.15) is 16.7 Å². The van der Waals surface area contributed by atoms with Gasteiger partial charge in [-0.3, -0.25) is 4.99 Å². The molecule has 1 heterocycles. The fraction of sp³-hybridized carbons (Fsp3) is 0.0286. The number of hydrogen-bond donors (Lipinski definition) is 1. The van der Waals surface area contributed by atoms with Crippen molar-refractivity contribution in [1.82, 2.24) is 0 Å². The lowest BCUT2D eigenvalue weighted by atomic mass is 9.97. The van der Waals surface area contributed by atoms with Gasteiger partial charge >= 0.3 is 0 Å². The summed E-state index contributed by atoms with van der Waals surface area (Å²) >= 11 is 6.50. The maximum Gasteiger partial charge on any atom is 0.157 e. The molecule has 6 aromatic carbocycles. The highest BCUT2D eigenvalue weighted by Crippen LogP contribution is 2.34. The molecule has 1 aromatic heterocycles. The average molecular weight is 538 g/mol. The first-order valence-electron chi connectivity index (χ1n) is 13.1. The van der Waals surface area contributed by atoms with Crippen LogP contribution >= 0.6 is 11.6 Å². The number of benzene rings is 6. The number of amidine groups is 2. The maximum atomic E-state index is 6.76. The van der Waals surface area contributed by atoms with Gasteiger partial charge in [0, 0.05) is 33.0 Å². The van der Waals surface area contributed by atoms with Crippen LogP contribution in [0.5, 0.6) is 0 Å². The lowest BCUT2D eigenvalue weighted by molar-refractivity contribution is 0.668. The summed E-state index contributed by atoms with van der Waals surface area (Å²) in [6.45, 7) is 0.361. The highest BCUT2D eigenvalue weighted by Gasteiger charge is 2.14. The molecule has 40 heavy (non-hydrogen) atoms. The molecule has 0 saturated heterocycles. The molecule has 0 atom stereocenters. The van der Waals surface area contributed by atoms with Crippen LogP contribution in [0.25, 0.3) is 43.5 Å². The summed E-state index contributed by atoms with van der Waals surface area (Å²) in [5.41, 5.74) is 11.0. The molecular formula is C35H24ClN3O. The summed E-state index contributed by atoms with van der Waals surface area (Å²) in [6.07, 6.45) is 0. The number of fused-ring (bicyclic) bond motifs is 6. The van der Waals surface area contributed by atoms with Crippen LogP contribution in [0, 0.1) is 0 Å². The van der Waals surface area contributed by atoms with Crippen molar-refractivity contribution >= 4 is 66.8 Å². The molecule has 0 amide bonds. The number of hydrogen-bond acceptors (Lipinski definition) is 2. The molecule has 0 fully saturated rings. The molecule has 0 bridgehead atoms. The van der Waals surface area contributed by atoms with Crippen LogP contribution in [0.2, 0.25) is 5.02 Å². The first kappa shape index (κ1) is 24.1. The molecular weight excluding hydrogens is 514 g/mol. The smallest absolute Gasteiger partial charge is 0.157 e. The lowest BCUT2D eigenvalue weighted by Gasteiger charge is -2.11. The van der Waals surface area contributed by atoms with Crippen molar-refractivity contribution in [3.63, 3.8) is 0 Å². The highest BCUT2D eigenvalue weighted by atomic mass is 35.5. The van der Waals surface area contributed by atoms with E-state index in [2.05, 4.69) is 42.5 Å². The van der Waals surface area contributed by atoms with Gasteiger partial charge in [-0.15, -0.1) is 0 Å². The minimum atomic E-state index is 0.361. The van der Waals surface area contributed by atoms with Gasteiger partial charge < -0.3 is 10.2 Å². The van der Waals surface area contributed by atoms with Crippen molar-refractivity contribution in [3.05, 3.63) is 143 Å². The highest BCUT2D eigenvalue weighted by molar-refractivity contribution is 6.31. The van der Waals surface area contributed by atoms with Crippen LogP contribution in [-0.4, -0.2) is 11.7 Å². The summed E-state index contributed by atoms with van der Waals surface area (Å²) in [6, 6.07) is 40.4. The first-order chi connectivity index (χ1) is 19.7. The second-order valence-corrected chi connectivity index (χ2v) is 10.2. The Labute approximate surface area is 236 Å². The van der Waals surface area contributed by atoms with Crippen LogP contribution in [0.15, 0.2) is 136 Å². The summed E-state index contributed by atoms with van der Waals surface area (Å²) in [5.74, 6) is 0.964. The fourth-order valence-electron chi connectivity index (χ4n) is 5.41. The predicted octanol–water partition coefficient (Wildman–Crippen LogP) is 8.90. The minimum absolute atomic E-state index is 0.361. The van der Waals surface area contributed by atoms with Crippen molar-refractivity contribution in [1.29, 1.82) is 0 Å². The molecule has 0 aliphatic heterocycles. The molecule has 5 heteroatoms. The minimum Gasteiger partial charge on any atom is -0.456 e. The Bertz CT molecular complexity index is 2110. The largest absolute Gasteiger partial charge is 0.456 e. The third kappa shape index (κ3) is 4.29. The first-order valence-corrected chi connectivity index (χ1v) is 13.5. The Morgan fingerprint density at radius 2 is 1.35 bits per heavy atom. The number of aliphatic imine (C=N–C) groups is 2. The zero-order chi connectivity index (χ0) is 27.1. The molecule has 7 rings (SSSR count). The molecule has 192 valence electrons. The zero-order valence-electron chi connectivity index (χ0n) is 21.5. The van der Waals surface area contributed by atoms with Crippen LogP contribution in [0.3, 0.4) is 0 Å². The Hall–Kier alpha value is -4.93. The van der Waals surface area contributed by atoms with E-state index in [9.17, 15) is 0 Å². The maximum absolute atomic E-state index is 6.76. The number of nitrogens with two attached hydrogens (primary N) is 1. The van der Waals surface area contributed by atoms with E-state index in [0.29, 0.717) is 23.2 Å². The summed E-state index contributed by atoms with van der Waals surface area (Å²) in [7, 11) is 0. The van der Waals surface area contributed by atoms with Crippen molar-refractivity contribution in [2.45, 2.75) is 6.54 Å². The van der Waals surface area contributed by atoms with E-state index < -0.39 is 0 Å². The number of rotatable bonds is 4. The van der Waals surface area contributed by atoms with E-state index in [-0.39, 0.29) is 0 Å². The van der Waals surface area contributed by atoms with Gasteiger partial charge in [0.1, 0.15) is 17.0 Å². The van der Waals surface area contributed by atoms with E-state index in [1.165, 1.54) is 5.39 Å². The normalized spacial score (nSPS) is 12.6. The number of halogens is 1. The van der Waals surface area contributed by atoms with Gasteiger partial charge in [0.2, 0.25) is 0 Å². The number of para-hydroxylation sites is 1. The van der Waals surface area contributed by atoms with E-state index in [1.54, 1.807) is 0 Å². The van der Waals surface area contributed by atoms with Gasteiger partial charge in [-0.05, 0) is 45.3 Å². The third-order valence-corrected chi connectivity index (χ3v) is 7.44. The zero-order valence-corrected chi connectivity index (χ0v) is 22.3. The standard InChI is InChI=1S/C35H24ClN3O/c36-25-18-24(33-29-16-8-9-17-31(29)40-32(33)20-25)21-38-35(22-10-2-1-3-11-22)39-34(37)30-19-23-12-4-5-13-26(23)27-14-6-7-15-28(27)30/h1-20H,21H2,(H2,37,38,39). The van der Waals surface area contributed by atoms with E-state index in [4.69, 9.17) is 31.7 Å². The van der Waals surface area contributed by atoms with Gasteiger partial charge in [0.15, 0.2) is 5.84 Å². The molecule has 0 aliphatic carbocycles.